The zero-order chi connectivity index (χ0) is 12.3. The van der Waals surface area contributed by atoms with Crippen molar-refractivity contribution in [2.24, 2.45) is 0 Å². The molecule has 0 radical (unpaired) electrons. The van der Waals surface area contributed by atoms with Crippen molar-refractivity contribution in [3.8, 4) is 5.95 Å². The lowest BCUT2D eigenvalue weighted by Crippen LogP contribution is -2.22. The fourth-order valence-corrected chi connectivity index (χ4v) is 1.47. The minimum absolute atomic E-state index is 0.210. The van der Waals surface area contributed by atoms with E-state index < -0.39 is 0 Å². The number of nitrogen functional groups attached to an aromatic ring is 1. The summed E-state index contributed by atoms with van der Waals surface area (Å²) in [5, 5.41) is 0. The van der Waals surface area contributed by atoms with Crippen molar-refractivity contribution in [2.45, 2.75) is 13.3 Å². The van der Waals surface area contributed by atoms with E-state index >= 15 is 0 Å². The van der Waals surface area contributed by atoms with Crippen LogP contribution < -0.4 is 10.6 Å². The van der Waals surface area contributed by atoms with E-state index in [-0.39, 0.29) is 5.95 Å². The second-order valence-corrected chi connectivity index (χ2v) is 3.69. The van der Waals surface area contributed by atoms with Crippen LogP contribution in [-0.4, -0.2) is 38.1 Å². The molecule has 0 aliphatic heterocycles. The number of anilines is 2. The van der Waals surface area contributed by atoms with Gasteiger partial charge in [0.05, 0.1) is 0 Å². The first kappa shape index (κ1) is 11.3. The summed E-state index contributed by atoms with van der Waals surface area (Å²) in [6.45, 7) is 2.96. The third-order valence-electron chi connectivity index (χ3n) is 2.26. The van der Waals surface area contributed by atoms with Crippen LogP contribution in [-0.2, 0) is 0 Å². The SMILES string of the molecule is CCCN(C)c1nc(N)nc(-n2ccnc2)n1. The Kier molecular flexibility index (Phi) is 3.17. The standard InChI is InChI=1S/C10H15N7/c1-3-5-16(2)9-13-8(11)14-10(15-9)17-6-4-12-7-17/h4,6-7H,3,5H2,1-2H3,(H2,11,13,14,15). The second kappa shape index (κ2) is 4.77. The summed E-state index contributed by atoms with van der Waals surface area (Å²) >= 11 is 0. The largest absolute Gasteiger partial charge is 0.368 e. The first-order chi connectivity index (χ1) is 8.20. The third kappa shape index (κ3) is 2.49. The predicted octanol–water partition coefficient (Wildman–Crippen LogP) is 0.486. The van der Waals surface area contributed by atoms with Crippen LogP contribution in [0.5, 0.6) is 0 Å². The van der Waals surface area contributed by atoms with E-state index in [0.717, 1.165) is 13.0 Å². The summed E-state index contributed by atoms with van der Waals surface area (Å²) in [6, 6.07) is 0. The molecule has 2 N–H and O–H groups in total. The molecule has 0 unspecified atom stereocenters. The normalized spacial score (nSPS) is 10.5. The van der Waals surface area contributed by atoms with Crippen molar-refractivity contribution < 1.29 is 0 Å². The molecular weight excluding hydrogens is 218 g/mol. The lowest BCUT2D eigenvalue weighted by Gasteiger charge is -2.16. The van der Waals surface area contributed by atoms with E-state index in [1.165, 1.54) is 0 Å². The van der Waals surface area contributed by atoms with Crippen LogP contribution in [0.4, 0.5) is 11.9 Å². The lowest BCUT2D eigenvalue weighted by molar-refractivity contribution is 0.798. The van der Waals surface area contributed by atoms with E-state index in [0.29, 0.717) is 11.9 Å². The number of hydrogen-bond acceptors (Lipinski definition) is 6. The maximum Gasteiger partial charge on any atom is 0.241 e. The molecule has 0 bridgehead atoms. The van der Waals surface area contributed by atoms with Gasteiger partial charge in [0.2, 0.25) is 17.8 Å². The average molecular weight is 233 g/mol. The molecule has 0 spiro atoms. The van der Waals surface area contributed by atoms with Crippen LogP contribution in [0.3, 0.4) is 0 Å². The summed E-state index contributed by atoms with van der Waals surface area (Å²) in [5.74, 6) is 1.26. The molecule has 0 atom stereocenters. The van der Waals surface area contributed by atoms with Crippen molar-refractivity contribution in [3.63, 3.8) is 0 Å². The molecule has 90 valence electrons. The number of nitrogens with zero attached hydrogens (tertiary/aromatic N) is 6. The molecule has 0 saturated heterocycles. The fraction of sp³-hybridized carbons (Fsp3) is 0.400. The highest BCUT2D eigenvalue weighted by Crippen LogP contribution is 2.10. The summed E-state index contributed by atoms with van der Waals surface area (Å²) in [4.78, 5) is 18.4. The predicted molar refractivity (Wildman–Crippen MR) is 64.9 cm³/mol. The van der Waals surface area contributed by atoms with Crippen LogP contribution in [0.2, 0.25) is 0 Å². The Bertz CT molecular complexity index is 479. The highest BCUT2D eigenvalue weighted by atomic mass is 15.3. The minimum atomic E-state index is 0.210. The number of aromatic nitrogens is 5. The molecule has 2 aromatic rings. The van der Waals surface area contributed by atoms with Gasteiger partial charge in [0.15, 0.2) is 0 Å². The Labute approximate surface area is 99.3 Å². The highest BCUT2D eigenvalue weighted by Gasteiger charge is 2.09. The third-order valence-corrected chi connectivity index (χ3v) is 2.26. The molecule has 7 heteroatoms. The Balaban J connectivity index is 2.36. The Morgan fingerprint density at radius 3 is 2.82 bits per heavy atom. The van der Waals surface area contributed by atoms with Crippen LogP contribution in [0, 0.1) is 0 Å². The van der Waals surface area contributed by atoms with Crippen LogP contribution >= 0.6 is 0 Å². The topological polar surface area (TPSA) is 85.8 Å². The summed E-state index contributed by atoms with van der Waals surface area (Å²) in [7, 11) is 1.93. The molecule has 0 aliphatic rings. The summed E-state index contributed by atoms with van der Waals surface area (Å²) < 4.78 is 1.70. The maximum absolute atomic E-state index is 5.68. The van der Waals surface area contributed by atoms with Crippen LogP contribution in [0.15, 0.2) is 18.7 Å². The van der Waals surface area contributed by atoms with E-state index in [9.17, 15) is 0 Å². The minimum Gasteiger partial charge on any atom is -0.368 e. The number of nitrogens with two attached hydrogens (primary N) is 1. The highest BCUT2D eigenvalue weighted by molar-refractivity contribution is 5.36. The van der Waals surface area contributed by atoms with Gasteiger partial charge in [-0.25, -0.2) is 4.98 Å². The molecule has 0 aromatic carbocycles. The van der Waals surface area contributed by atoms with Gasteiger partial charge in [-0.15, -0.1) is 0 Å². The van der Waals surface area contributed by atoms with Gasteiger partial charge < -0.3 is 10.6 Å². The van der Waals surface area contributed by atoms with E-state index in [4.69, 9.17) is 5.73 Å². The van der Waals surface area contributed by atoms with E-state index in [2.05, 4.69) is 26.9 Å². The molecule has 2 rings (SSSR count). The van der Waals surface area contributed by atoms with E-state index in [1.54, 1.807) is 23.3 Å². The van der Waals surface area contributed by atoms with Gasteiger partial charge in [-0.2, -0.15) is 15.0 Å². The summed E-state index contributed by atoms with van der Waals surface area (Å²) in [5.41, 5.74) is 5.68. The van der Waals surface area contributed by atoms with Crippen LogP contribution in [0.1, 0.15) is 13.3 Å². The van der Waals surface area contributed by atoms with Gasteiger partial charge in [-0.1, -0.05) is 6.92 Å². The molecule has 2 heterocycles. The molecule has 2 aromatic heterocycles. The lowest BCUT2D eigenvalue weighted by atomic mass is 10.4. The quantitative estimate of drug-likeness (QED) is 0.827. The average Bonchev–Trinajstić information content (AvgIpc) is 2.82. The number of imidazole rings is 1. The first-order valence-electron chi connectivity index (χ1n) is 5.41. The van der Waals surface area contributed by atoms with E-state index in [1.807, 2.05) is 11.9 Å². The zero-order valence-electron chi connectivity index (χ0n) is 9.91. The van der Waals surface area contributed by atoms with Crippen molar-refractivity contribution in [2.75, 3.05) is 24.2 Å². The second-order valence-electron chi connectivity index (χ2n) is 3.69. The molecule has 0 saturated carbocycles. The molecule has 0 amide bonds. The molecule has 0 fully saturated rings. The summed E-state index contributed by atoms with van der Waals surface area (Å²) in [6.07, 6.45) is 6.06. The monoisotopic (exact) mass is 233 g/mol. The van der Waals surface area contributed by atoms with Gasteiger partial charge in [-0.3, -0.25) is 4.57 Å². The molecule has 7 nitrogen and oxygen atoms in total. The van der Waals surface area contributed by atoms with Crippen LogP contribution in [0.25, 0.3) is 5.95 Å². The van der Waals surface area contributed by atoms with Crippen molar-refractivity contribution in [1.29, 1.82) is 0 Å². The van der Waals surface area contributed by atoms with Gasteiger partial charge in [0, 0.05) is 26.0 Å². The van der Waals surface area contributed by atoms with Crippen molar-refractivity contribution in [3.05, 3.63) is 18.7 Å². The molecule has 17 heavy (non-hydrogen) atoms. The van der Waals surface area contributed by atoms with Gasteiger partial charge in [0.25, 0.3) is 0 Å². The zero-order valence-corrected chi connectivity index (χ0v) is 9.91. The van der Waals surface area contributed by atoms with Gasteiger partial charge in [-0.05, 0) is 6.42 Å². The molecule has 0 aliphatic carbocycles. The van der Waals surface area contributed by atoms with Crippen molar-refractivity contribution in [1.82, 2.24) is 24.5 Å². The van der Waals surface area contributed by atoms with Gasteiger partial charge in [0.1, 0.15) is 6.33 Å². The maximum atomic E-state index is 5.68. The number of rotatable bonds is 4. The first-order valence-corrected chi connectivity index (χ1v) is 5.41. The molecular formula is C10H15N7. The smallest absolute Gasteiger partial charge is 0.241 e. The Morgan fingerprint density at radius 1 is 1.35 bits per heavy atom. The van der Waals surface area contributed by atoms with Crippen molar-refractivity contribution >= 4 is 11.9 Å². The number of hydrogen-bond donors (Lipinski definition) is 1. The Hall–Kier alpha value is -2.18. The Morgan fingerprint density at radius 2 is 2.18 bits per heavy atom. The fourth-order valence-electron chi connectivity index (χ4n) is 1.47. The van der Waals surface area contributed by atoms with Gasteiger partial charge >= 0.3 is 0 Å².